The molecule has 3 rings (SSSR count). The summed E-state index contributed by atoms with van der Waals surface area (Å²) in [5.41, 5.74) is 1.69. The van der Waals surface area contributed by atoms with Crippen LogP contribution in [0.3, 0.4) is 0 Å². The van der Waals surface area contributed by atoms with Crippen molar-refractivity contribution in [1.82, 2.24) is 9.78 Å². The number of ether oxygens (including phenoxy) is 1. The van der Waals surface area contributed by atoms with Gasteiger partial charge in [0.2, 0.25) is 0 Å². The minimum absolute atomic E-state index is 0.303. The van der Waals surface area contributed by atoms with E-state index in [2.05, 4.69) is 10.4 Å². The molecule has 0 aliphatic carbocycles. The maximum absolute atomic E-state index is 12.4. The quantitative estimate of drug-likeness (QED) is 0.748. The Bertz CT molecular complexity index is 840. The van der Waals surface area contributed by atoms with Gasteiger partial charge in [0.1, 0.15) is 4.88 Å². The Morgan fingerprint density at radius 3 is 2.87 bits per heavy atom. The first kappa shape index (κ1) is 15.0. The average molecular weight is 327 g/mol. The lowest BCUT2D eigenvalue weighted by Crippen LogP contribution is -2.14. The number of esters is 1. The molecule has 0 unspecified atom stereocenters. The van der Waals surface area contributed by atoms with Crippen molar-refractivity contribution < 1.29 is 14.3 Å². The summed E-state index contributed by atoms with van der Waals surface area (Å²) in [5, 5.41) is 8.60. The van der Waals surface area contributed by atoms with Crippen LogP contribution in [0.25, 0.3) is 5.69 Å². The van der Waals surface area contributed by atoms with Gasteiger partial charge in [0.05, 0.1) is 18.5 Å². The largest absolute Gasteiger partial charge is 0.465 e. The molecule has 6 nitrogen and oxygen atoms in total. The molecule has 1 aromatic carbocycles. The minimum Gasteiger partial charge on any atom is -0.465 e. The van der Waals surface area contributed by atoms with E-state index < -0.39 is 5.97 Å². The number of amides is 1. The number of anilines is 1. The first-order valence-electron chi connectivity index (χ1n) is 6.76. The van der Waals surface area contributed by atoms with Crippen LogP contribution in [0.15, 0.2) is 54.2 Å². The Morgan fingerprint density at radius 1 is 1.26 bits per heavy atom. The molecule has 0 aliphatic rings. The normalized spacial score (nSPS) is 10.3. The van der Waals surface area contributed by atoms with Gasteiger partial charge in [-0.05, 0) is 35.7 Å². The van der Waals surface area contributed by atoms with Gasteiger partial charge in [0, 0.05) is 18.0 Å². The molecule has 1 N–H and O–H groups in total. The van der Waals surface area contributed by atoms with Gasteiger partial charge in [-0.15, -0.1) is 11.3 Å². The Balaban J connectivity index is 1.83. The van der Waals surface area contributed by atoms with E-state index in [1.54, 1.807) is 52.8 Å². The molecule has 0 saturated carbocycles. The zero-order chi connectivity index (χ0) is 16.2. The molecule has 0 radical (unpaired) electrons. The van der Waals surface area contributed by atoms with Crippen molar-refractivity contribution in [2.75, 3.05) is 12.4 Å². The van der Waals surface area contributed by atoms with Crippen molar-refractivity contribution in [1.29, 1.82) is 0 Å². The molecule has 1 amide bonds. The van der Waals surface area contributed by atoms with E-state index in [4.69, 9.17) is 4.74 Å². The van der Waals surface area contributed by atoms with Crippen molar-refractivity contribution >= 4 is 28.9 Å². The zero-order valence-electron chi connectivity index (χ0n) is 12.2. The highest BCUT2D eigenvalue weighted by atomic mass is 32.1. The molecule has 116 valence electrons. The summed E-state index contributed by atoms with van der Waals surface area (Å²) in [6.07, 6.45) is 3.46. The summed E-state index contributed by atoms with van der Waals surface area (Å²) in [6.45, 7) is 0. The lowest BCUT2D eigenvalue weighted by atomic mass is 10.2. The molecule has 23 heavy (non-hydrogen) atoms. The molecule has 0 aliphatic heterocycles. The highest BCUT2D eigenvalue weighted by Gasteiger charge is 2.16. The van der Waals surface area contributed by atoms with Crippen LogP contribution in [0, 0.1) is 0 Å². The summed E-state index contributed by atoms with van der Waals surface area (Å²) in [7, 11) is 1.31. The number of rotatable bonds is 4. The van der Waals surface area contributed by atoms with Crippen molar-refractivity contribution in [3.63, 3.8) is 0 Å². The smallest absolute Gasteiger partial charge is 0.350 e. The Hall–Kier alpha value is -2.93. The number of nitrogens with one attached hydrogen (secondary N) is 1. The molecule has 2 heterocycles. The monoisotopic (exact) mass is 327 g/mol. The Morgan fingerprint density at radius 2 is 2.13 bits per heavy atom. The third kappa shape index (κ3) is 3.14. The number of hydrogen-bond donors (Lipinski definition) is 1. The third-order valence-electron chi connectivity index (χ3n) is 3.16. The maximum Gasteiger partial charge on any atom is 0.350 e. The number of aromatic nitrogens is 2. The predicted molar refractivity (Wildman–Crippen MR) is 87.2 cm³/mol. The van der Waals surface area contributed by atoms with E-state index in [1.807, 2.05) is 6.07 Å². The third-order valence-corrected chi connectivity index (χ3v) is 4.06. The molecule has 3 aromatic rings. The van der Waals surface area contributed by atoms with Crippen LogP contribution in [-0.4, -0.2) is 28.8 Å². The van der Waals surface area contributed by atoms with Gasteiger partial charge in [-0.1, -0.05) is 6.07 Å². The molecular weight excluding hydrogens is 314 g/mol. The molecular formula is C16H13N3O3S. The van der Waals surface area contributed by atoms with Gasteiger partial charge in [-0.2, -0.15) is 5.10 Å². The van der Waals surface area contributed by atoms with Crippen LogP contribution in [-0.2, 0) is 4.74 Å². The molecule has 0 spiro atoms. The number of carbonyl (C=O) groups excluding carboxylic acids is 2. The number of nitrogens with zero attached hydrogens (tertiary/aromatic N) is 2. The number of carbonyl (C=O) groups is 2. The van der Waals surface area contributed by atoms with E-state index in [9.17, 15) is 9.59 Å². The Kier molecular flexibility index (Phi) is 4.20. The predicted octanol–water partition coefficient (Wildman–Crippen LogP) is 2.97. The summed E-state index contributed by atoms with van der Waals surface area (Å²) in [4.78, 5) is 24.4. The molecule has 0 saturated heterocycles. The SMILES string of the molecule is COC(=O)c1sccc1NC(=O)c1cccc(-n2cccn2)c1. The second kappa shape index (κ2) is 6.45. The van der Waals surface area contributed by atoms with E-state index in [-0.39, 0.29) is 5.91 Å². The van der Waals surface area contributed by atoms with Gasteiger partial charge >= 0.3 is 5.97 Å². The van der Waals surface area contributed by atoms with Crippen molar-refractivity contribution in [3.8, 4) is 5.69 Å². The first-order chi connectivity index (χ1) is 11.2. The lowest BCUT2D eigenvalue weighted by Gasteiger charge is -2.07. The summed E-state index contributed by atoms with van der Waals surface area (Å²) in [6, 6.07) is 10.5. The summed E-state index contributed by atoms with van der Waals surface area (Å²) < 4.78 is 6.37. The summed E-state index contributed by atoms with van der Waals surface area (Å²) >= 11 is 1.22. The lowest BCUT2D eigenvalue weighted by molar-refractivity contribution is 0.0607. The van der Waals surface area contributed by atoms with Crippen LogP contribution >= 0.6 is 11.3 Å². The van der Waals surface area contributed by atoms with Gasteiger partial charge < -0.3 is 10.1 Å². The Labute approximate surface area is 136 Å². The van der Waals surface area contributed by atoms with E-state index in [0.717, 1.165) is 5.69 Å². The van der Waals surface area contributed by atoms with E-state index in [0.29, 0.717) is 16.1 Å². The topological polar surface area (TPSA) is 73.2 Å². The maximum atomic E-state index is 12.4. The fraction of sp³-hybridized carbons (Fsp3) is 0.0625. The van der Waals surface area contributed by atoms with Gasteiger partial charge in [-0.25, -0.2) is 9.48 Å². The van der Waals surface area contributed by atoms with Gasteiger partial charge in [-0.3, -0.25) is 4.79 Å². The number of methoxy groups -OCH3 is 1. The van der Waals surface area contributed by atoms with Crippen molar-refractivity contribution in [2.45, 2.75) is 0 Å². The number of hydrogen-bond acceptors (Lipinski definition) is 5. The zero-order valence-corrected chi connectivity index (χ0v) is 13.0. The first-order valence-corrected chi connectivity index (χ1v) is 7.64. The highest BCUT2D eigenvalue weighted by Crippen LogP contribution is 2.24. The fourth-order valence-corrected chi connectivity index (χ4v) is 2.83. The number of benzene rings is 1. The molecule has 0 bridgehead atoms. The molecule has 0 atom stereocenters. The second-order valence-electron chi connectivity index (χ2n) is 4.61. The average Bonchev–Trinajstić information content (AvgIpc) is 3.26. The van der Waals surface area contributed by atoms with Crippen LogP contribution in [0.2, 0.25) is 0 Å². The van der Waals surface area contributed by atoms with E-state index >= 15 is 0 Å². The van der Waals surface area contributed by atoms with Gasteiger partial charge in [0.15, 0.2) is 0 Å². The standard InChI is InChI=1S/C16H13N3O3S/c1-22-16(21)14-13(6-9-23-14)18-15(20)11-4-2-5-12(10-11)19-8-3-7-17-19/h2-10H,1H3,(H,18,20). The van der Waals surface area contributed by atoms with E-state index in [1.165, 1.54) is 18.4 Å². The van der Waals surface area contributed by atoms with Crippen molar-refractivity contribution in [3.05, 3.63) is 64.6 Å². The summed E-state index contributed by atoms with van der Waals surface area (Å²) in [5.74, 6) is -0.775. The van der Waals surface area contributed by atoms with Crippen LogP contribution in [0.5, 0.6) is 0 Å². The number of thiophene rings is 1. The van der Waals surface area contributed by atoms with Crippen LogP contribution in [0.4, 0.5) is 5.69 Å². The van der Waals surface area contributed by atoms with Crippen molar-refractivity contribution in [2.24, 2.45) is 0 Å². The highest BCUT2D eigenvalue weighted by molar-refractivity contribution is 7.12. The molecule has 2 aromatic heterocycles. The van der Waals surface area contributed by atoms with Crippen LogP contribution < -0.4 is 5.32 Å². The fourth-order valence-electron chi connectivity index (χ4n) is 2.06. The minimum atomic E-state index is -0.472. The second-order valence-corrected chi connectivity index (χ2v) is 5.53. The van der Waals surface area contributed by atoms with Crippen LogP contribution in [0.1, 0.15) is 20.0 Å². The van der Waals surface area contributed by atoms with Gasteiger partial charge in [0.25, 0.3) is 5.91 Å². The molecule has 7 heteroatoms. The molecule has 0 fully saturated rings.